The van der Waals surface area contributed by atoms with Crippen molar-refractivity contribution in [3.63, 3.8) is 0 Å². The number of benzene rings is 2. The average Bonchev–Trinajstić information content (AvgIpc) is 2.70. The Morgan fingerprint density at radius 1 is 1.12 bits per heavy atom. The van der Waals surface area contributed by atoms with Gasteiger partial charge in [-0.3, -0.25) is 14.5 Å². The number of sulfonamides is 1. The number of nitrogens with zero attached hydrogens (tertiary/aromatic N) is 1. The number of carbonyl (C=O) groups excluding carboxylic acids is 1. The first-order valence-corrected chi connectivity index (χ1v) is 11.2. The highest BCUT2D eigenvalue weighted by Crippen LogP contribution is 2.32. The van der Waals surface area contributed by atoms with Crippen LogP contribution >= 0.6 is 0 Å². The van der Waals surface area contributed by atoms with E-state index < -0.39 is 27.0 Å². The lowest BCUT2D eigenvalue weighted by atomic mass is 10.1. The molecule has 0 radical (unpaired) electrons. The molecule has 0 saturated heterocycles. The maximum absolute atomic E-state index is 14.3. The number of primary amides is 1. The molecule has 0 atom stereocenters. The number of aromatic nitrogens is 1. The molecule has 3 aromatic rings. The van der Waals surface area contributed by atoms with Crippen LogP contribution in [0.15, 0.2) is 54.9 Å². The van der Waals surface area contributed by atoms with E-state index in [9.17, 15) is 17.6 Å². The molecule has 1 amide bonds. The number of nitrogens with two attached hydrogens (primary N) is 1. The number of aryl methyl sites for hydroxylation is 1. The Labute approximate surface area is 185 Å². The highest BCUT2D eigenvalue weighted by atomic mass is 32.2. The van der Waals surface area contributed by atoms with Crippen molar-refractivity contribution in [2.45, 2.75) is 26.0 Å². The second kappa shape index (κ2) is 9.23. The number of halogens is 1. The van der Waals surface area contributed by atoms with Crippen LogP contribution in [0.1, 0.15) is 29.8 Å². The molecule has 2 aromatic carbocycles. The fourth-order valence-corrected chi connectivity index (χ4v) is 3.46. The number of amides is 1. The number of carbonyl (C=O) groups is 1. The van der Waals surface area contributed by atoms with E-state index in [4.69, 9.17) is 10.5 Å². The third-order valence-corrected chi connectivity index (χ3v) is 6.26. The van der Waals surface area contributed by atoms with Crippen LogP contribution in [0.4, 0.5) is 21.5 Å². The van der Waals surface area contributed by atoms with E-state index in [1.54, 1.807) is 45.0 Å². The van der Waals surface area contributed by atoms with Gasteiger partial charge in [0.15, 0.2) is 5.75 Å². The SMILES string of the molecule is Cc1ccc(Nc2cncc(Oc3cccc(NS(=O)(=O)C(C)C)c3)c2C(N)=O)c(F)c1. The molecule has 4 N–H and O–H groups in total. The van der Waals surface area contributed by atoms with Crippen molar-refractivity contribution >= 4 is 33.0 Å². The topological polar surface area (TPSA) is 123 Å². The Morgan fingerprint density at radius 2 is 1.88 bits per heavy atom. The number of anilines is 3. The number of ether oxygens (including phenoxy) is 1. The first-order chi connectivity index (χ1) is 15.1. The van der Waals surface area contributed by atoms with E-state index in [2.05, 4.69) is 15.0 Å². The molecule has 0 spiro atoms. The Hall–Kier alpha value is -3.66. The van der Waals surface area contributed by atoms with Crippen LogP contribution in [-0.2, 0) is 10.0 Å². The van der Waals surface area contributed by atoms with Gasteiger partial charge in [0.25, 0.3) is 5.91 Å². The molecule has 8 nitrogen and oxygen atoms in total. The molecule has 0 saturated carbocycles. The van der Waals surface area contributed by atoms with Crippen LogP contribution in [-0.4, -0.2) is 24.6 Å². The standard InChI is InChI=1S/C22H23FN4O4S/c1-13(2)32(29,30)27-15-5-4-6-16(10-15)31-20-12-25-11-19(21(20)22(24)28)26-18-8-7-14(3)9-17(18)23/h4-13,26-27H,1-3H3,(H2,24,28). The fourth-order valence-electron chi connectivity index (χ4n) is 2.77. The lowest BCUT2D eigenvalue weighted by Crippen LogP contribution is -2.22. The molecular formula is C22H23FN4O4S. The molecule has 168 valence electrons. The second-order valence-electron chi connectivity index (χ2n) is 7.36. The first kappa shape index (κ1) is 23.0. The molecule has 0 aliphatic heterocycles. The van der Waals surface area contributed by atoms with Crippen molar-refractivity contribution in [2.75, 3.05) is 10.0 Å². The predicted molar refractivity (Wildman–Crippen MR) is 121 cm³/mol. The predicted octanol–water partition coefficient (Wildman–Crippen LogP) is 4.31. The van der Waals surface area contributed by atoms with Crippen LogP contribution < -0.4 is 20.5 Å². The average molecular weight is 459 g/mol. The fraction of sp³-hybridized carbons (Fsp3) is 0.182. The molecular weight excluding hydrogens is 435 g/mol. The van der Waals surface area contributed by atoms with Gasteiger partial charge in [-0.05, 0) is 50.6 Å². The van der Waals surface area contributed by atoms with E-state index in [-0.39, 0.29) is 28.4 Å². The van der Waals surface area contributed by atoms with E-state index in [0.29, 0.717) is 5.69 Å². The summed E-state index contributed by atoms with van der Waals surface area (Å²) in [7, 11) is -3.55. The smallest absolute Gasteiger partial charge is 0.254 e. The summed E-state index contributed by atoms with van der Waals surface area (Å²) in [5, 5.41) is 2.20. The van der Waals surface area contributed by atoms with Gasteiger partial charge in [-0.15, -0.1) is 0 Å². The van der Waals surface area contributed by atoms with Gasteiger partial charge in [0, 0.05) is 6.07 Å². The molecule has 10 heteroatoms. The summed E-state index contributed by atoms with van der Waals surface area (Å²) in [4.78, 5) is 16.2. The van der Waals surface area contributed by atoms with E-state index in [0.717, 1.165) is 5.56 Å². The summed E-state index contributed by atoms with van der Waals surface area (Å²) in [5.74, 6) is -1.04. The zero-order valence-electron chi connectivity index (χ0n) is 17.7. The van der Waals surface area contributed by atoms with Crippen molar-refractivity contribution in [1.29, 1.82) is 0 Å². The summed E-state index contributed by atoms with van der Waals surface area (Å²) in [6.45, 7) is 4.87. The highest BCUT2D eigenvalue weighted by Gasteiger charge is 2.19. The molecule has 32 heavy (non-hydrogen) atoms. The third-order valence-electron chi connectivity index (χ3n) is 4.49. The number of pyridine rings is 1. The molecule has 0 bridgehead atoms. The number of hydrogen-bond donors (Lipinski definition) is 3. The van der Waals surface area contributed by atoms with Crippen molar-refractivity contribution < 1.29 is 22.3 Å². The molecule has 1 aromatic heterocycles. The number of hydrogen-bond acceptors (Lipinski definition) is 6. The Balaban J connectivity index is 1.93. The van der Waals surface area contributed by atoms with Gasteiger partial charge in [-0.25, -0.2) is 12.8 Å². The maximum atomic E-state index is 14.3. The van der Waals surface area contributed by atoms with E-state index >= 15 is 0 Å². The maximum Gasteiger partial charge on any atom is 0.254 e. The third kappa shape index (κ3) is 5.33. The molecule has 0 fully saturated rings. The Kier molecular flexibility index (Phi) is 6.64. The minimum atomic E-state index is -3.55. The van der Waals surface area contributed by atoms with Crippen LogP contribution in [0.25, 0.3) is 0 Å². The van der Waals surface area contributed by atoms with Crippen LogP contribution in [0, 0.1) is 12.7 Å². The zero-order valence-corrected chi connectivity index (χ0v) is 18.5. The van der Waals surface area contributed by atoms with E-state index in [1.807, 2.05) is 0 Å². The monoisotopic (exact) mass is 458 g/mol. The first-order valence-electron chi connectivity index (χ1n) is 9.67. The van der Waals surface area contributed by atoms with Gasteiger partial charge in [0.05, 0.1) is 34.7 Å². The van der Waals surface area contributed by atoms with E-state index in [1.165, 1.54) is 30.6 Å². The van der Waals surface area contributed by atoms with Crippen molar-refractivity contribution in [1.82, 2.24) is 4.98 Å². The van der Waals surface area contributed by atoms with Crippen LogP contribution in [0.3, 0.4) is 0 Å². The minimum absolute atomic E-state index is 0.0267. The molecule has 0 aliphatic carbocycles. The molecule has 0 unspecified atom stereocenters. The second-order valence-corrected chi connectivity index (χ2v) is 9.60. The van der Waals surface area contributed by atoms with Crippen LogP contribution in [0.2, 0.25) is 0 Å². The highest BCUT2D eigenvalue weighted by molar-refractivity contribution is 7.93. The molecule has 1 heterocycles. The Bertz CT molecular complexity index is 1260. The van der Waals surface area contributed by atoms with Crippen LogP contribution in [0.5, 0.6) is 11.5 Å². The zero-order chi connectivity index (χ0) is 23.5. The Morgan fingerprint density at radius 3 is 2.53 bits per heavy atom. The lowest BCUT2D eigenvalue weighted by molar-refractivity contribution is 0.0999. The van der Waals surface area contributed by atoms with Crippen molar-refractivity contribution in [2.24, 2.45) is 5.73 Å². The van der Waals surface area contributed by atoms with Gasteiger partial charge in [-0.2, -0.15) is 0 Å². The quantitative estimate of drug-likeness (QED) is 0.462. The summed E-state index contributed by atoms with van der Waals surface area (Å²) < 4.78 is 46.8. The number of rotatable bonds is 8. The summed E-state index contributed by atoms with van der Waals surface area (Å²) in [6.07, 6.45) is 2.63. The molecule has 3 rings (SSSR count). The normalized spacial score (nSPS) is 11.3. The van der Waals surface area contributed by atoms with Gasteiger partial charge in [-0.1, -0.05) is 12.1 Å². The molecule has 0 aliphatic rings. The summed E-state index contributed by atoms with van der Waals surface area (Å²) >= 11 is 0. The van der Waals surface area contributed by atoms with Crippen molar-refractivity contribution in [3.05, 3.63) is 71.8 Å². The summed E-state index contributed by atoms with van der Waals surface area (Å²) in [6, 6.07) is 10.8. The largest absolute Gasteiger partial charge is 0.455 e. The lowest BCUT2D eigenvalue weighted by Gasteiger charge is -2.15. The van der Waals surface area contributed by atoms with Gasteiger partial charge >= 0.3 is 0 Å². The van der Waals surface area contributed by atoms with Gasteiger partial charge in [0.2, 0.25) is 10.0 Å². The summed E-state index contributed by atoms with van der Waals surface area (Å²) in [5.41, 5.74) is 6.86. The van der Waals surface area contributed by atoms with Gasteiger partial charge in [0.1, 0.15) is 17.1 Å². The number of nitrogens with one attached hydrogen (secondary N) is 2. The van der Waals surface area contributed by atoms with Gasteiger partial charge < -0.3 is 15.8 Å². The minimum Gasteiger partial charge on any atom is -0.455 e. The van der Waals surface area contributed by atoms with Crippen molar-refractivity contribution in [3.8, 4) is 11.5 Å².